The molecule has 0 bridgehead atoms. The van der Waals surface area contributed by atoms with Crippen molar-refractivity contribution in [2.75, 3.05) is 6.26 Å². The van der Waals surface area contributed by atoms with E-state index in [1.54, 1.807) is 0 Å². The predicted molar refractivity (Wildman–Crippen MR) is 44.5 cm³/mol. The first-order chi connectivity index (χ1) is 6.34. The highest BCUT2D eigenvalue weighted by Crippen LogP contribution is 2.28. The van der Waals surface area contributed by atoms with E-state index in [0.717, 1.165) is 18.2 Å². The van der Waals surface area contributed by atoms with E-state index in [-0.39, 0.29) is 0 Å². The molecule has 14 heavy (non-hydrogen) atoms. The first-order valence-electron chi connectivity index (χ1n) is 3.60. The maximum absolute atomic E-state index is 13.0. The molecule has 1 aromatic carbocycles. The van der Waals surface area contributed by atoms with Crippen molar-refractivity contribution in [1.82, 2.24) is 0 Å². The smallest absolute Gasteiger partial charge is 0.224 e. The fourth-order valence-corrected chi connectivity index (χ4v) is 2.10. The van der Waals surface area contributed by atoms with Gasteiger partial charge in [-0.25, -0.2) is 21.6 Å². The summed E-state index contributed by atoms with van der Waals surface area (Å²) in [7, 11) is -3.96. The van der Waals surface area contributed by atoms with Gasteiger partial charge in [-0.2, -0.15) is 0 Å². The number of rotatable bonds is 2. The van der Waals surface area contributed by atoms with Crippen LogP contribution in [-0.4, -0.2) is 14.7 Å². The van der Waals surface area contributed by atoms with Gasteiger partial charge in [0.15, 0.2) is 9.84 Å². The number of hydrogen-bond acceptors (Lipinski definition) is 2. The van der Waals surface area contributed by atoms with Crippen molar-refractivity contribution in [2.24, 2.45) is 0 Å². The van der Waals surface area contributed by atoms with Crippen LogP contribution >= 0.6 is 0 Å². The van der Waals surface area contributed by atoms with Crippen LogP contribution in [0.2, 0.25) is 0 Å². The van der Waals surface area contributed by atoms with Crippen LogP contribution in [0.15, 0.2) is 23.1 Å². The van der Waals surface area contributed by atoms with Gasteiger partial charge < -0.3 is 0 Å². The van der Waals surface area contributed by atoms with Crippen LogP contribution in [0, 0.1) is 5.82 Å². The lowest BCUT2D eigenvalue weighted by atomic mass is 10.2. The molecule has 78 valence electrons. The van der Waals surface area contributed by atoms with E-state index >= 15 is 0 Å². The molecule has 6 heteroatoms. The Balaban J connectivity index is 3.54. The average molecular weight is 224 g/mol. The summed E-state index contributed by atoms with van der Waals surface area (Å²) in [6.07, 6.45) is -2.31. The van der Waals surface area contributed by atoms with E-state index in [9.17, 15) is 21.6 Å². The Bertz CT molecular complexity index is 440. The highest BCUT2D eigenvalue weighted by molar-refractivity contribution is 7.90. The van der Waals surface area contributed by atoms with E-state index in [4.69, 9.17) is 0 Å². The molecule has 2 nitrogen and oxygen atoms in total. The second kappa shape index (κ2) is 3.61. The lowest BCUT2D eigenvalue weighted by Gasteiger charge is -2.07. The second-order valence-electron chi connectivity index (χ2n) is 2.73. The van der Waals surface area contributed by atoms with Gasteiger partial charge in [-0.3, -0.25) is 0 Å². The molecular weight excluding hydrogens is 217 g/mol. The number of hydrogen-bond donors (Lipinski definition) is 0. The van der Waals surface area contributed by atoms with Crippen molar-refractivity contribution in [3.63, 3.8) is 0 Å². The lowest BCUT2D eigenvalue weighted by Crippen LogP contribution is -2.05. The zero-order valence-corrected chi connectivity index (χ0v) is 7.98. The quantitative estimate of drug-likeness (QED) is 0.771. The third-order valence-electron chi connectivity index (χ3n) is 1.60. The Morgan fingerprint density at radius 2 is 1.86 bits per heavy atom. The minimum absolute atomic E-state index is 0.692. The van der Waals surface area contributed by atoms with Crippen LogP contribution in [0.4, 0.5) is 13.2 Å². The Morgan fingerprint density at radius 1 is 1.29 bits per heavy atom. The van der Waals surface area contributed by atoms with Crippen molar-refractivity contribution in [2.45, 2.75) is 11.3 Å². The van der Waals surface area contributed by atoms with Gasteiger partial charge in [-0.1, -0.05) is 12.1 Å². The fraction of sp³-hybridized carbons (Fsp3) is 0.250. The number of halogens is 3. The number of sulfone groups is 1. The maximum Gasteiger partial charge on any atom is 0.265 e. The van der Waals surface area contributed by atoms with E-state index in [1.165, 1.54) is 0 Å². The van der Waals surface area contributed by atoms with Crippen LogP contribution in [0.1, 0.15) is 12.0 Å². The van der Waals surface area contributed by atoms with E-state index in [1.807, 2.05) is 0 Å². The summed E-state index contributed by atoms with van der Waals surface area (Å²) in [5.41, 5.74) is -0.799. The Morgan fingerprint density at radius 3 is 2.21 bits per heavy atom. The summed E-state index contributed by atoms with van der Waals surface area (Å²) in [4.78, 5) is -0.921. The maximum atomic E-state index is 13.0. The van der Waals surface area contributed by atoms with Gasteiger partial charge >= 0.3 is 0 Å². The summed E-state index contributed by atoms with van der Waals surface area (Å²) < 4.78 is 59.6. The molecule has 0 radical (unpaired) electrons. The summed E-state index contributed by atoms with van der Waals surface area (Å²) in [5, 5.41) is 0. The highest BCUT2D eigenvalue weighted by Gasteiger charge is 2.23. The zero-order chi connectivity index (χ0) is 10.9. The normalized spacial score (nSPS) is 12.1. The summed E-state index contributed by atoms with van der Waals surface area (Å²) in [5.74, 6) is -1.15. The first kappa shape index (κ1) is 11.0. The molecule has 0 aliphatic heterocycles. The molecule has 0 N–H and O–H groups in total. The van der Waals surface area contributed by atoms with Gasteiger partial charge in [-0.05, 0) is 6.07 Å². The molecule has 0 heterocycles. The van der Waals surface area contributed by atoms with Crippen molar-refractivity contribution >= 4 is 9.84 Å². The first-order valence-corrected chi connectivity index (χ1v) is 5.50. The largest absolute Gasteiger partial charge is 0.265 e. The minimum Gasteiger partial charge on any atom is -0.224 e. The van der Waals surface area contributed by atoms with Gasteiger partial charge in [0.1, 0.15) is 10.7 Å². The van der Waals surface area contributed by atoms with Crippen molar-refractivity contribution in [3.8, 4) is 0 Å². The second-order valence-corrected chi connectivity index (χ2v) is 4.68. The average Bonchev–Trinajstić information content (AvgIpc) is 2.01. The lowest BCUT2D eigenvalue weighted by molar-refractivity contribution is 0.147. The van der Waals surface area contributed by atoms with Crippen LogP contribution in [0.3, 0.4) is 0 Å². The number of alkyl halides is 2. The van der Waals surface area contributed by atoms with Crippen molar-refractivity contribution < 1.29 is 21.6 Å². The molecule has 0 fully saturated rings. The minimum atomic E-state index is -3.96. The van der Waals surface area contributed by atoms with E-state index in [0.29, 0.717) is 6.26 Å². The van der Waals surface area contributed by atoms with Crippen LogP contribution in [0.5, 0.6) is 0 Å². The molecule has 0 aromatic heterocycles. The summed E-state index contributed by atoms with van der Waals surface area (Å²) in [6, 6.07) is 2.78. The van der Waals surface area contributed by atoms with E-state index < -0.39 is 32.5 Å². The van der Waals surface area contributed by atoms with Gasteiger partial charge in [-0.15, -0.1) is 0 Å². The van der Waals surface area contributed by atoms with Gasteiger partial charge in [0.25, 0.3) is 6.43 Å². The fourth-order valence-electron chi connectivity index (χ4n) is 1.09. The molecule has 1 aromatic rings. The Labute approximate surface area is 79.3 Å². The predicted octanol–water partition coefficient (Wildman–Crippen LogP) is 2.17. The molecule has 0 unspecified atom stereocenters. The zero-order valence-electron chi connectivity index (χ0n) is 7.17. The molecule has 0 aliphatic rings. The van der Waals surface area contributed by atoms with Gasteiger partial charge in [0.2, 0.25) is 0 Å². The Hall–Kier alpha value is -1.04. The Kier molecular flexibility index (Phi) is 2.84. The molecule has 0 saturated carbocycles. The monoisotopic (exact) mass is 224 g/mol. The van der Waals surface area contributed by atoms with Crippen LogP contribution in [-0.2, 0) is 9.84 Å². The molecule has 1 rings (SSSR count). The highest BCUT2D eigenvalue weighted by atomic mass is 32.2. The molecule has 0 spiro atoms. The van der Waals surface area contributed by atoms with Crippen molar-refractivity contribution in [1.29, 1.82) is 0 Å². The van der Waals surface area contributed by atoms with Crippen LogP contribution < -0.4 is 0 Å². The molecule has 0 amide bonds. The molecular formula is C8H7F3O2S. The molecule has 0 saturated heterocycles. The topological polar surface area (TPSA) is 34.1 Å². The molecule has 0 aliphatic carbocycles. The van der Waals surface area contributed by atoms with Gasteiger partial charge in [0, 0.05) is 11.8 Å². The third-order valence-corrected chi connectivity index (χ3v) is 2.78. The van der Waals surface area contributed by atoms with Gasteiger partial charge in [0.05, 0.1) is 0 Å². The van der Waals surface area contributed by atoms with Crippen molar-refractivity contribution in [3.05, 3.63) is 29.6 Å². The third kappa shape index (κ3) is 2.06. The molecule has 0 atom stereocenters. The standard InChI is InChI=1S/C8H7F3O2S/c1-14(12,13)7-5(8(10)11)3-2-4-6(7)9/h2-4,8H,1H3. The summed E-state index contributed by atoms with van der Waals surface area (Å²) >= 11 is 0. The van der Waals surface area contributed by atoms with Crippen LogP contribution in [0.25, 0.3) is 0 Å². The SMILES string of the molecule is CS(=O)(=O)c1c(F)cccc1C(F)F. The summed E-state index contributed by atoms with van der Waals surface area (Å²) in [6.45, 7) is 0. The van der Waals surface area contributed by atoms with E-state index in [2.05, 4.69) is 0 Å². The number of benzene rings is 1.